The van der Waals surface area contributed by atoms with Crippen LogP contribution >= 0.6 is 0 Å². The maximum absolute atomic E-state index is 11.2. The van der Waals surface area contributed by atoms with Crippen LogP contribution in [0.25, 0.3) is 0 Å². The van der Waals surface area contributed by atoms with Crippen molar-refractivity contribution in [2.24, 2.45) is 5.41 Å². The van der Waals surface area contributed by atoms with Gasteiger partial charge in [0, 0.05) is 12.0 Å². The summed E-state index contributed by atoms with van der Waals surface area (Å²) in [6.45, 7) is 6.92. The first-order valence-corrected chi connectivity index (χ1v) is 4.42. The number of rotatable bonds is 3. The van der Waals surface area contributed by atoms with Gasteiger partial charge in [-0.3, -0.25) is 4.79 Å². The van der Waals surface area contributed by atoms with E-state index < -0.39 is 5.60 Å². The lowest BCUT2D eigenvalue weighted by Gasteiger charge is -2.38. The van der Waals surface area contributed by atoms with Crippen molar-refractivity contribution in [3.05, 3.63) is 0 Å². The summed E-state index contributed by atoms with van der Waals surface area (Å²) in [6, 6.07) is 0. The first kappa shape index (κ1) is 10.5. The predicted octanol–water partition coefficient (Wildman–Crippen LogP) is -0.0900. The third kappa shape index (κ3) is 2.67. The molecule has 0 spiro atoms. The summed E-state index contributed by atoms with van der Waals surface area (Å²) in [5.74, 6) is -0.333. The van der Waals surface area contributed by atoms with Crippen molar-refractivity contribution >= 4 is 5.91 Å². The van der Waals surface area contributed by atoms with Gasteiger partial charge in [-0.1, -0.05) is 6.92 Å². The Morgan fingerprint density at radius 2 is 2.15 bits per heavy atom. The quantitative estimate of drug-likeness (QED) is 0.649. The van der Waals surface area contributed by atoms with Crippen molar-refractivity contribution in [2.75, 3.05) is 19.8 Å². The van der Waals surface area contributed by atoms with E-state index in [9.17, 15) is 9.90 Å². The fourth-order valence-electron chi connectivity index (χ4n) is 1.06. The third-order valence-corrected chi connectivity index (χ3v) is 2.13. The number of hydrogen-bond acceptors (Lipinski definition) is 3. The van der Waals surface area contributed by atoms with Crippen molar-refractivity contribution in [3.8, 4) is 0 Å². The molecule has 0 aromatic carbocycles. The largest absolute Gasteiger partial charge is 0.381 e. The van der Waals surface area contributed by atoms with Gasteiger partial charge in [-0.15, -0.1) is 0 Å². The van der Waals surface area contributed by atoms with Gasteiger partial charge in [0.25, 0.3) is 5.91 Å². The zero-order valence-corrected chi connectivity index (χ0v) is 8.39. The van der Waals surface area contributed by atoms with Crippen molar-refractivity contribution in [1.29, 1.82) is 0 Å². The number of hydrogen-bond donors (Lipinski definition) is 2. The molecule has 1 rings (SSSR count). The van der Waals surface area contributed by atoms with Crippen LogP contribution in [0.15, 0.2) is 0 Å². The molecule has 4 heteroatoms. The maximum atomic E-state index is 11.2. The zero-order valence-electron chi connectivity index (χ0n) is 8.39. The molecule has 1 aliphatic rings. The van der Waals surface area contributed by atoms with Crippen LogP contribution in [0, 0.1) is 5.41 Å². The Bertz CT molecular complexity index is 203. The van der Waals surface area contributed by atoms with Crippen LogP contribution < -0.4 is 5.32 Å². The second-order valence-corrected chi connectivity index (χ2v) is 4.55. The van der Waals surface area contributed by atoms with Gasteiger partial charge in [-0.25, -0.2) is 0 Å². The molecular weight excluding hydrogens is 170 g/mol. The molecule has 0 bridgehead atoms. The molecule has 0 atom stereocenters. The summed E-state index contributed by atoms with van der Waals surface area (Å²) >= 11 is 0. The fraction of sp³-hybridized carbons (Fsp3) is 0.889. The number of aliphatic hydroxyl groups is 1. The van der Waals surface area contributed by atoms with Crippen LogP contribution in [0.2, 0.25) is 0 Å². The van der Waals surface area contributed by atoms with E-state index in [1.54, 1.807) is 0 Å². The molecule has 1 heterocycles. The minimum Gasteiger partial charge on any atom is -0.381 e. The summed E-state index contributed by atoms with van der Waals surface area (Å²) < 4.78 is 5.04. The van der Waals surface area contributed by atoms with E-state index in [-0.39, 0.29) is 11.3 Å². The minimum absolute atomic E-state index is 0.0565. The lowest BCUT2D eigenvalue weighted by Crippen LogP contribution is -2.52. The topological polar surface area (TPSA) is 58.6 Å². The second-order valence-electron chi connectivity index (χ2n) is 4.55. The van der Waals surface area contributed by atoms with Gasteiger partial charge in [0.15, 0.2) is 0 Å². The number of amides is 1. The summed E-state index contributed by atoms with van der Waals surface area (Å²) in [4.78, 5) is 11.2. The van der Waals surface area contributed by atoms with Gasteiger partial charge in [0.2, 0.25) is 0 Å². The highest BCUT2D eigenvalue weighted by atomic mass is 16.5. The Kier molecular flexibility index (Phi) is 2.63. The van der Waals surface area contributed by atoms with Crippen LogP contribution in [0.4, 0.5) is 0 Å². The van der Waals surface area contributed by atoms with E-state index in [1.165, 1.54) is 13.8 Å². The maximum Gasteiger partial charge on any atom is 0.251 e. The van der Waals surface area contributed by atoms with E-state index in [1.807, 2.05) is 6.92 Å². The molecule has 76 valence electrons. The summed E-state index contributed by atoms with van der Waals surface area (Å²) in [5, 5.41) is 12.0. The van der Waals surface area contributed by atoms with Crippen LogP contribution in [-0.4, -0.2) is 36.4 Å². The number of carbonyl (C=O) groups excluding carboxylic acids is 1. The van der Waals surface area contributed by atoms with Crippen molar-refractivity contribution in [1.82, 2.24) is 5.32 Å². The molecule has 1 saturated heterocycles. The van der Waals surface area contributed by atoms with Gasteiger partial charge in [-0.2, -0.15) is 0 Å². The van der Waals surface area contributed by atoms with Crippen molar-refractivity contribution < 1.29 is 14.6 Å². The summed E-state index contributed by atoms with van der Waals surface area (Å²) in [5.41, 5.74) is -1.23. The first-order valence-electron chi connectivity index (χ1n) is 4.42. The highest BCUT2D eigenvalue weighted by molar-refractivity contribution is 5.83. The van der Waals surface area contributed by atoms with E-state index in [0.29, 0.717) is 19.8 Å². The Morgan fingerprint density at radius 3 is 2.46 bits per heavy atom. The lowest BCUT2D eigenvalue weighted by molar-refractivity contribution is -0.140. The highest BCUT2D eigenvalue weighted by Gasteiger charge is 2.35. The van der Waals surface area contributed by atoms with Crippen LogP contribution in [-0.2, 0) is 9.53 Å². The molecule has 0 unspecified atom stereocenters. The minimum atomic E-state index is -1.29. The van der Waals surface area contributed by atoms with Crippen LogP contribution in [0.3, 0.4) is 0 Å². The average Bonchev–Trinajstić information content (AvgIpc) is 1.94. The molecule has 0 radical (unpaired) electrons. The Morgan fingerprint density at radius 1 is 1.62 bits per heavy atom. The fourth-order valence-corrected chi connectivity index (χ4v) is 1.06. The molecule has 2 N–H and O–H groups in total. The van der Waals surface area contributed by atoms with Crippen LogP contribution in [0.1, 0.15) is 20.8 Å². The molecule has 1 fully saturated rings. The number of ether oxygens (including phenoxy) is 1. The van der Waals surface area contributed by atoms with Crippen molar-refractivity contribution in [3.63, 3.8) is 0 Å². The smallest absolute Gasteiger partial charge is 0.251 e. The SMILES string of the molecule is CC1(CNC(=O)C(C)(C)O)COC1. The normalized spacial score (nSPS) is 20.6. The van der Waals surface area contributed by atoms with E-state index >= 15 is 0 Å². The monoisotopic (exact) mass is 187 g/mol. The average molecular weight is 187 g/mol. The zero-order chi connectivity index (χ0) is 10.1. The van der Waals surface area contributed by atoms with E-state index in [2.05, 4.69) is 5.32 Å². The van der Waals surface area contributed by atoms with Gasteiger partial charge in [-0.05, 0) is 13.8 Å². The Hall–Kier alpha value is -0.610. The molecule has 4 nitrogen and oxygen atoms in total. The molecule has 13 heavy (non-hydrogen) atoms. The standard InChI is InChI=1S/C9H17NO3/c1-8(2,12)7(11)10-4-9(3)5-13-6-9/h12H,4-6H2,1-3H3,(H,10,11). The van der Waals surface area contributed by atoms with Crippen LogP contribution in [0.5, 0.6) is 0 Å². The highest BCUT2D eigenvalue weighted by Crippen LogP contribution is 2.25. The predicted molar refractivity (Wildman–Crippen MR) is 48.2 cm³/mol. The third-order valence-electron chi connectivity index (χ3n) is 2.13. The van der Waals surface area contributed by atoms with Gasteiger partial charge in [0.05, 0.1) is 13.2 Å². The Labute approximate surface area is 78.3 Å². The Balaban J connectivity index is 2.30. The van der Waals surface area contributed by atoms with Crippen molar-refractivity contribution in [2.45, 2.75) is 26.4 Å². The number of carbonyl (C=O) groups is 1. The molecule has 1 aliphatic heterocycles. The lowest BCUT2D eigenvalue weighted by atomic mass is 9.88. The second kappa shape index (κ2) is 3.27. The van der Waals surface area contributed by atoms with E-state index in [0.717, 1.165) is 0 Å². The van der Waals surface area contributed by atoms with Gasteiger partial charge < -0.3 is 15.2 Å². The molecule has 0 saturated carbocycles. The first-order chi connectivity index (χ1) is 5.83. The number of nitrogens with one attached hydrogen (secondary N) is 1. The van der Waals surface area contributed by atoms with Gasteiger partial charge >= 0.3 is 0 Å². The molecule has 0 aliphatic carbocycles. The molecule has 0 aromatic rings. The molecule has 0 aromatic heterocycles. The molecule has 1 amide bonds. The summed E-state index contributed by atoms with van der Waals surface area (Å²) in [6.07, 6.45) is 0. The van der Waals surface area contributed by atoms with E-state index in [4.69, 9.17) is 4.74 Å². The van der Waals surface area contributed by atoms with Gasteiger partial charge in [0.1, 0.15) is 5.60 Å². The summed E-state index contributed by atoms with van der Waals surface area (Å²) in [7, 11) is 0. The molecular formula is C9H17NO3.